The first-order chi connectivity index (χ1) is 6.50. The van der Waals surface area contributed by atoms with Crippen molar-refractivity contribution in [2.45, 2.75) is 25.9 Å². The standard InChI is InChI=1S/C10H16N2O2/c1-10(2,14-4)5-9-8(7-13)6-11-12(9)3/h6-7H,5H2,1-4H3. The van der Waals surface area contributed by atoms with E-state index in [4.69, 9.17) is 4.74 Å². The number of carbonyl (C=O) groups excluding carboxylic acids is 1. The van der Waals surface area contributed by atoms with Crippen LogP contribution in [0.5, 0.6) is 0 Å². The summed E-state index contributed by atoms with van der Waals surface area (Å²) >= 11 is 0. The number of methoxy groups -OCH3 is 1. The van der Waals surface area contributed by atoms with Crippen LogP contribution in [0, 0.1) is 0 Å². The molecule has 4 nitrogen and oxygen atoms in total. The van der Waals surface area contributed by atoms with Crippen LogP contribution in [-0.4, -0.2) is 28.8 Å². The van der Waals surface area contributed by atoms with Gasteiger partial charge in [0, 0.05) is 20.6 Å². The summed E-state index contributed by atoms with van der Waals surface area (Å²) in [6.45, 7) is 3.96. The Labute approximate surface area is 83.9 Å². The summed E-state index contributed by atoms with van der Waals surface area (Å²) in [4.78, 5) is 10.7. The summed E-state index contributed by atoms with van der Waals surface area (Å²) in [6.07, 6.45) is 3.08. The van der Waals surface area contributed by atoms with Crippen molar-refractivity contribution in [1.82, 2.24) is 9.78 Å². The van der Waals surface area contributed by atoms with Crippen LogP contribution in [0.4, 0.5) is 0 Å². The molecule has 0 saturated heterocycles. The fourth-order valence-electron chi connectivity index (χ4n) is 1.27. The number of rotatable bonds is 4. The summed E-state index contributed by atoms with van der Waals surface area (Å²) in [7, 11) is 3.49. The Morgan fingerprint density at radius 2 is 2.29 bits per heavy atom. The molecule has 0 radical (unpaired) electrons. The molecule has 0 aromatic carbocycles. The van der Waals surface area contributed by atoms with Crippen molar-refractivity contribution in [3.8, 4) is 0 Å². The topological polar surface area (TPSA) is 44.1 Å². The van der Waals surface area contributed by atoms with Gasteiger partial charge in [-0.25, -0.2) is 0 Å². The highest BCUT2D eigenvalue weighted by atomic mass is 16.5. The van der Waals surface area contributed by atoms with Crippen molar-refractivity contribution in [2.75, 3.05) is 7.11 Å². The van der Waals surface area contributed by atoms with Crippen LogP contribution in [0.25, 0.3) is 0 Å². The van der Waals surface area contributed by atoms with E-state index >= 15 is 0 Å². The van der Waals surface area contributed by atoms with Crippen LogP contribution in [0.2, 0.25) is 0 Å². The minimum absolute atomic E-state index is 0.272. The number of aromatic nitrogens is 2. The SMILES string of the molecule is COC(C)(C)Cc1c(C=O)cnn1C. The third-order valence-corrected chi connectivity index (χ3v) is 2.37. The van der Waals surface area contributed by atoms with Gasteiger partial charge < -0.3 is 4.74 Å². The molecular formula is C10H16N2O2. The molecule has 0 amide bonds. The Morgan fingerprint density at radius 1 is 1.64 bits per heavy atom. The van der Waals surface area contributed by atoms with E-state index in [9.17, 15) is 4.79 Å². The van der Waals surface area contributed by atoms with Gasteiger partial charge in [0.1, 0.15) is 0 Å². The fraction of sp³-hybridized carbons (Fsp3) is 0.600. The predicted octanol–water partition coefficient (Wildman–Crippen LogP) is 1.20. The molecule has 0 unspecified atom stereocenters. The summed E-state index contributed by atoms with van der Waals surface area (Å²) in [5.74, 6) is 0. The number of aryl methyl sites for hydroxylation is 1. The largest absolute Gasteiger partial charge is 0.378 e. The van der Waals surface area contributed by atoms with Gasteiger partial charge in [-0.2, -0.15) is 5.10 Å². The summed E-state index contributed by atoms with van der Waals surface area (Å²) < 4.78 is 7.02. The Balaban J connectivity index is 2.95. The molecule has 1 aromatic rings. The molecule has 78 valence electrons. The molecule has 0 fully saturated rings. The smallest absolute Gasteiger partial charge is 0.153 e. The molecule has 0 N–H and O–H groups in total. The fourth-order valence-corrected chi connectivity index (χ4v) is 1.27. The van der Waals surface area contributed by atoms with Gasteiger partial charge in [-0.05, 0) is 13.8 Å². The highest BCUT2D eigenvalue weighted by Gasteiger charge is 2.21. The van der Waals surface area contributed by atoms with E-state index < -0.39 is 0 Å². The highest BCUT2D eigenvalue weighted by molar-refractivity contribution is 5.76. The number of hydrogen-bond acceptors (Lipinski definition) is 3. The van der Waals surface area contributed by atoms with E-state index in [1.54, 1.807) is 18.0 Å². The minimum atomic E-state index is -0.272. The van der Waals surface area contributed by atoms with E-state index in [1.165, 1.54) is 0 Å². The average molecular weight is 196 g/mol. The van der Waals surface area contributed by atoms with Crippen molar-refractivity contribution in [3.05, 3.63) is 17.5 Å². The Hall–Kier alpha value is -1.16. The maximum absolute atomic E-state index is 10.7. The van der Waals surface area contributed by atoms with E-state index in [0.717, 1.165) is 12.0 Å². The number of aldehydes is 1. The van der Waals surface area contributed by atoms with E-state index in [0.29, 0.717) is 12.0 Å². The van der Waals surface area contributed by atoms with E-state index in [-0.39, 0.29) is 5.60 Å². The zero-order valence-electron chi connectivity index (χ0n) is 9.07. The van der Waals surface area contributed by atoms with Crippen LogP contribution < -0.4 is 0 Å². The molecular weight excluding hydrogens is 180 g/mol. The van der Waals surface area contributed by atoms with E-state index in [1.807, 2.05) is 20.9 Å². The zero-order valence-corrected chi connectivity index (χ0v) is 9.07. The number of hydrogen-bond donors (Lipinski definition) is 0. The highest BCUT2D eigenvalue weighted by Crippen LogP contribution is 2.17. The lowest BCUT2D eigenvalue weighted by atomic mass is 10.0. The molecule has 0 bridgehead atoms. The maximum Gasteiger partial charge on any atom is 0.153 e. The van der Waals surface area contributed by atoms with Crippen molar-refractivity contribution in [2.24, 2.45) is 7.05 Å². The van der Waals surface area contributed by atoms with Gasteiger partial charge in [0.2, 0.25) is 0 Å². The summed E-state index contributed by atoms with van der Waals surface area (Å²) in [5.41, 5.74) is 1.27. The van der Waals surface area contributed by atoms with Gasteiger partial charge in [0.15, 0.2) is 6.29 Å². The molecule has 0 spiro atoms. The van der Waals surface area contributed by atoms with Gasteiger partial charge in [-0.1, -0.05) is 0 Å². The Kier molecular flexibility index (Phi) is 3.06. The third-order valence-electron chi connectivity index (χ3n) is 2.37. The van der Waals surface area contributed by atoms with Crippen LogP contribution in [0.1, 0.15) is 29.9 Å². The van der Waals surface area contributed by atoms with Crippen LogP contribution in [0.3, 0.4) is 0 Å². The molecule has 0 atom stereocenters. The van der Waals surface area contributed by atoms with Crippen molar-refractivity contribution in [3.63, 3.8) is 0 Å². The Bertz CT molecular complexity index is 329. The first kappa shape index (κ1) is 10.9. The summed E-state index contributed by atoms with van der Waals surface area (Å²) in [6, 6.07) is 0. The average Bonchev–Trinajstić information content (AvgIpc) is 2.48. The molecule has 0 saturated carbocycles. The van der Waals surface area contributed by atoms with Crippen LogP contribution in [-0.2, 0) is 18.2 Å². The third kappa shape index (κ3) is 2.20. The van der Waals surface area contributed by atoms with Gasteiger partial charge in [0.05, 0.1) is 23.1 Å². The van der Waals surface area contributed by atoms with Crippen molar-refractivity contribution in [1.29, 1.82) is 0 Å². The first-order valence-corrected chi connectivity index (χ1v) is 4.51. The molecule has 0 aliphatic carbocycles. The second-order valence-corrected chi connectivity index (χ2v) is 3.93. The van der Waals surface area contributed by atoms with Gasteiger partial charge >= 0.3 is 0 Å². The molecule has 4 heteroatoms. The lowest BCUT2D eigenvalue weighted by Gasteiger charge is -2.22. The van der Waals surface area contributed by atoms with Crippen LogP contribution in [0.15, 0.2) is 6.20 Å². The maximum atomic E-state index is 10.7. The number of ether oxygens (including phenoxy) is 1. The van der Waals surface area contributed by atoms with Crippen LogP contribution >= 0.6 is 0 Å². The number of nitrogens with zero attached hydrogens (tertiary/aromatic N) is 2. The lowest BCUT2D eigenvalue weighted by Crippen LogP contribution is -2.27. The van der Waals surface area contributed by atoms with Crippen molar-refractivity contribution >= 4 is 6.29 Å². The van der Waals surface area contributed by atoms with E-state index in [2.05, 4.69) is 5.10 Å². The van der Waals surface area contributed by atoms with Crippen molar-refractivity contribution < 1.29 is 9.53 Å². The second kappa shape index (κ2) is 3.92. The second-order valence-electron chi connectivity index (χ2n) is 3.93. The Morgan fingerprint density at radius 3 is 2.79 bits per heavy atom. The zero-order chi connectivity index (χ0) is 10.8. The lowest BCUT2D eigenvalue weighted by molar-refractivity contribution is 0.0216. The molecule has 1 aromatic heterocycles. The minimum Gasteiger partial charge on any atom is -0.378 e. The van der Waals surface area contributed by atoms with Gasteiger partial charge in [-0.15, -0.1) is 0 Å². The predicted molar refractivity (Wildman–Crippen MR) is 53.4 cm³/mol. The molecule has 1 heterocycles. The normalized spacial score (nSPS) is 11.7. The van der Waals surface area contributed by atoms with Gasteiger partial charge in [0.25, 0.3) is 0 Å². The number of carbonyl (C=O) groups is 1. The summed E-state index contributed by atoms with van der Waals surface area (Å²) in [5, 5.41) is 4.04. The molecule has 1 rings (SSSR count). The van der Waals surface area contributed by atoms with Gasteiger partial charge in [-0.3, -0.25) is 9.48 Å². The molecule has 14 heavy (non-hydrogen) atoms. The molecule has 0 aliphatic heterocycles. The molecule has 0 aliphatic rings. The first-order valence-electron chi connectivity index (χ1n) is 4.51. The monoisotopic (exact) mass is 196 g/mol. The quantitative estimate of drug-likeness (QED) is 0.680.